The largest absolute Gasteiger partial charge is 0.457 e. The number of hydrogen-bond donors (Lipinski definition) is 1. The van der Waals surface area contributed by atoms with Crippen molar-refractivity contribution in [3.63, 3.8) is 0 Å². The van der Waals surface area contributed by atoms with Gasteiger partial charge < -0.3 is 9.72 Å². The Kier molecular flexibility index (Phi) is 5.11. The van der Waals surface area contributed by atoms with Crippen LogP contribution in [-0.2, 0) is 17.8 Å². The van der Waals surface area contributed by atoms with E-state index >= 15 is 0 Å². The van der Waals surface area contributed by atoms with Crippen LogP contribution in [0.2, 0.25) is 0 Å². The number of alkyl halides is 1. The summed E-state index contributed by atoms with van der Waals surface area (Å²) in [6.45, 7) is 1.95. The van der Waals surface area contributed by atoms with Crippen molar-refractivity contribution in [2.75, 3.05) is 5.33 Å². The standard InChI is InChI=1S/C17H15BrN2O3S/c1-10-13-15(21)19-12(7-8-18)20-16(13)24-14(10)17(22)23-9-11-5-3-2-4-6-11/h2-6H,7-9H2,1H3,(H,19,20,21). The van der Waals surface area contributed by atoms with E-state index in [2.05, 4.69) is 25.9 Å². The van der Waals surface area contributed by atoms with Crippen molar-refractivity contribution in [2.45, 2.75) is 20.0 Å². The molecule has 0 aliphatic heterocycles. The summed E-state index contributed by atoms with van der Waals surface area (Å²) in [5.41, 5.74) is 1.32. The summed E-state index contributed by atoms with van der Waals surface area (Å²) in [5, 5.41) is 1.17. The number of benzene rings is 1. The number of aromatic nitrogens is 2. The minimum Gasteiger partial charge on any atom is -0.457 e. The number of thiophene rings is 1. The number of ether oxygens (including phenoxy) is 1. The predicted molar refractivity (Wildman–Crippen MR) is 98.0 cm³/mol. The molecule has 5 nitrogen and oxygen atoms in total. The Balaban J connectivity index is 1.89. The number of H-pyrrole nitrogens is 1. The second-order valence-corrected chi connectivity index (χ2v) is 7.04. The van der Waals surface area contributed by atoms with Crippen LogP contribution in [0.15, 0.2) is 35.1 Å². The minimum absolute atomic E-state index is 0.200. The Morgan fingerprint density at radius 3 is 2.79 bits per heavy atom. The minimum atomic E-state index is -0.430. The first-order valence-electron chi connectivity index (χ1n) is 7.39. The van der Waals surface area contributed by atoms with Gasteiger partial charge in [0.1, 0.15) is 22.1 Å². The number of carbonyl (C=O) groups is 1. The lowest BCUT2D eigenvalue weighted by atomic mass is 10.2. The van der Waals surface area contributed by atoms with Crippen LogP contribution in [0.1, 0.15) is 26.6 Å². The van der Waals surface area contributed by atoms with Crippen LogP contribution in [-0.4, -0.2) is 21.3 Å². The average Bonchev–Trinajstić information content (AvgIpc) is 2.91. The van der Waals surface area contributed by atoms with Crippen molar-refractivity contribution < 1.29 is 9.53 Å². The summed E-state index contributed by atoms with van der Waals surface area (Å²) in [5.74, 6) is 0.177. The molecule has 24 heavy (non-hydrogen) atoms. The van der Waals surface area contributed by atoms with E-state index in [9.17, 15) is 9.59 Å². The third-order valence-electron chi connectivity index (χ3n) is 3.58. The van der Waals surface area contributed by atoms with Crippen LogP contribution in [0.25, 0.3) is 10.2 Å². The average molecular weight is 407 g/mol. The van der Waals surface area contributed by atoms with Crippen LogP contribution in [0.3, 0.4) is 0 Å². The molecule has 0 unspecified atom stereocenters. The van der Waals surface area contributed by atoms with Crippen LogP contribution >= 0.6 is 27.3 Å². The maximum absolute atomic E-state index is 12.4. The summed E-state index contributed by atoms with van der Waals surface area (Å²) in [4.78, 5) is 32.8. The number of halogens is 1. The molecule has 0 saturated heterocycles. The molecule has 0 amide bonds. The molecular formula is C17H15BrN2O3S. The lowest BCUT2D eigenvalue weighted by Gasteiger charge is -2.03. The van der Waals surface area contributed by atoms with Crippen LogP contribution in [0, 0.1) is 6.92 Å². The smallest absolute Gasteiger partial charge is 0.349 e. The summed E-state index contributed by atoms with van der Waals surface area (Å²) < 4.78 is 5.37. The van der Waals surface area contributed by atoms with Gasteiger partial charge in [-0.25, -0.2) is 9.78 Å². The molecule has 0 aliphatic rings. The Bertz CT molecular complexity index is 934. The molecule has 3 rings (SSSR count). The van der Waals surface area contributed by atoms with E-state index in [1.54, 1.807) is 6.92 Å². The van der Waals surface area contributed by atoms with Gasteiger partial charge in [0.25, 0.3) is 5.56 Å². The molecule has 0 atom stereocenters. The van der Waals surface area contributed by atoms with Gasteiger partial charge in [-0.05, 0) is 18.1 Å². The number of hydrogen-bond acceptors (Lipinski definition) is 5. The zero-order chi connectivity index (χ0) is 17.1. The van der Waals surface area contributed by atoms with Gasteiger partial charge in [0, 0.05) is 11.8 Å². The normalized spacial score (nSPS) is 10.9. The zero-order valence-corrected chi connectivity index (χ0v) is 15.4. The van der Waals surface area contributed by atoms with E-state index in [0.29, 0.717) is 38.2 Å². The van der Waals surface area contributed by atoms with Gasteiger partial charge in [-0.15, -0.1) is 11.3 Å². The molecule has 7 heteroatoms. The third-order valence-corrected chi connectivity index (χ3v) is 5.14. The first kappa shape index (κ1) is 16.9. The van der Waals surface area contributed by atoms with Crippen LogP contribution in [0.4, 0.5) is 0 Å². The molecule has 0 aliphatic carbocycles. The molecule has 0 saturated carbocycles. The molecule has 1 N–H and O–H groups in total. The first-order valence-corrected chi connectivity index (χ1v) is 9.33. The third kappa shape index (κ3) is 3.42. The summed E-state index contributed by atoms with van der Waals surface area (Å²) in [7, 11) is 0. The van der Waals surface area contributed by atoms with Gasteiger partial charge >= 0.3 is 5.97 Å². The molecule has 2 heterocycles. The zero-order valence-electron chi connectivity index (χ0n) is 13.0. The van der Waals surface area contributed by atoms with Gasteiger partial charge in [-0.1, -0.05) is 46.3 Å². The van der Waals surface area contributed by atoms with E-state index in [1.807, 2.05) is 30.3 Å². The van der Waals surface area contributed by atoms with E-state index in [0.717, 1.165) is 5.56 Å². The SMILES string of the molecule is Cc1c(C(=O)OCc2ccccc2)sc2nc(CCBr)[nH]c(=O)c12. The summed E-state index contributed by atoms with van der Waals surface area (Å²) >= 11 is 4.53. The van der Waals surface area contributed by atoms with Crippen LogP contribution in [0.5, 0.6) is 0 Å². The van der Waals surface area contributed by atoms with Gasteiger partial charge in [-0.2, -0.15) is 0 Å². The number of nitrogens with zero attached hydrogens (tertiary/aromatic N) is 1. The van der Waals surface area contributed by atoms with Crippen molar-refractivity contribution in [1.29, 1.82) is 0 Å². The maximum Gasteiger partial charge on any atom is 0.349 e. The van der Waals surface area contributed by atoms with Crippen molar-refractivity contribution in [3.8, 4) is 0 Å². The topological polar surface area (TPSA) is 72.0 Å². The maximum atomic E-state index is 12.4. The van der Waals surface area contributed by atoms with Gasteiger partial charge in [0.05, 0.1) is 5.39 Å². The van der Waals surface area contributed by atoms with Crippen molar-refractivity contribution in [2.24, 2.45) is 0 Å². The molecule has 2 aromatic heterocycles. The molecular weight excluding hydrogens is 392 g/mol. The molecule has 1 aromatic carbocycles. The van der Waals surface area contributed by atoms with Crippen molar-refractivity contribution >= 4 is 43.5 Å². The monoisotopic (exact) mass is 406 g/mol. The molecule has 0 radical (unpaired) electrons. The number of aromatic amines is 1. The lowest BCUT2D eigenvalue weighted by Crippen LogP contribution is -2.12. The van der Waals surface area contributed by atoms with E-state index < -0.39 is 5.97 Å². The number of aryl methyl sites for hydroxylation is 2. The second-order valence-electron chi connectivity index (χ2n) is 5.25. The molecule has 0 fully saturated rings. The van der Waals surface area contributed by atoms with Crippen molar-refractivity contribution in [1.82, 2.24) is 9.97 Å². The van der Waals surface area contributed by atoms with E-state index in [1.165, 1.54) is 11.3 Å². The van der Waals surface area contributed by atoms with Crippen molar-refractivity contribution in [3.05, 3.63) is 62.5 Å². The Hall–Kier alpha value is -1.99. The number of fused-ring (bicyclic) bond motifs is 1. The first-order chi connectivity index (χ1) is 11.6. The lowest BCUT2D eigenvalue weighted by molar-refractivity contribution is 0.0478. The fourth-order valence-electron chi connectivity index (χ4n) is 2.38. The molecule has 124 valence electrons. The highest BCUT2D eigenvalue weighted by Crippen LogP contribution is 2.28. The Morgan fingerprint density at radius 2 is 2.08 bits per heavy atom. The van der Waals surface area contributed by atoms with Gasteiger partial charge in [0.2, 0.25) is 0 Å². The number of nitrogens with one attached hydrogen (secondary N) is 1. The molecule has 0 spiro atoms. The highest BCUT2D eigenvalue weighted by molar-refractivity contribution is 9.09. The summed E-state index contributed by atoms with van der Waals surface area (Å²) in [6.07, 6.45) is 0.621. The van der Waals surface area contributed by atoms with Gasteiger partial charge in [-0.3, -0.25) is 4.79 Å². The highest BCUT2D eigenvalue weighted by atomic mass is 79.9. The Morgan fingerprint density at radius 1 is 1.33 bits per heavy atom. The van der Waals surface area contributed by atoms with E-state index in [-0.39, 0.29) is 12.2 Å². The quantitative estimate of drug-likeness (QED) is 0.518. The fraction of sp³-hybridized carbons (Fsp3) is 0.235. The number of carbonyl (C=O) groups excluding carboxylic acids is 1. The summed E-state index contributed by atoms with van der Waals surface area (Å²) in [6, 6.07) is 9.48. The molecule has 3 aromatic rings. The Labute approximate surface area is 150 Å². The van der Waals surface area contributed by atoms with Gasteiger partial charge in [0.15, 0.2) is 0 Å². The number of esters is 1. The predicted octanol–water partition coefficient (Wildman–Crippen LogP) is 3.59. The van der Waals surface area contributed by atoms with E-state index in [4.69, 9.17) is 4.74 Å². The molecule has 0 bridgehead atoms. The highest BCUT2D eigenvalue weighted by Gasteiger charge is 2.20. The number of rotatable bonds is 5. The second kappa shape index (κ2) is 7.27. The fourth-order valence-corrected chi connectivity index (χ4v) is 3.85. The van der Waals surface area contributed by atoms with Crippen LogP contribution < -0.4 is 5.56 Å².